The average molecular weight is 558 g/mol. The Morgan fingerprint density at radius 2 is 1.60 bits per heavy atom. The minimum absolute atomic E-state index is 0.00862. The number of aliphatic hydroxyl groups excluding tert-OH is 2. The molecule has 4 saturated carbocycles. The van der Waals surface area contributed by atoms with Gasteiger partial charge in [0.1, 0.15) is 0 Å². The number of fused-ring (bicyclic) bond motifs is 5. The van der Waals surface area contributed by atoms with Crippen molar-refractivity contribution in [3.63, 3.8) is 0 Å². The summed E-state index contributed by atoms with van der Waals surface area (Å²) in [5.41, 5.74) is 1.09. The maximum Gasteiger partial charge on any atom is 0.224 e. The van der Waals surface area contributed by atoms with Crippen LogP contribution in [-0.4, -0.2) is 49.7 Å². The quantitative estimate of drug-likeness (QED) is 0.360. The number of amides is 1. The smallest absolute Gasteiger partial charge is 0.224 e. The van der Waals surface area contributed by atoms with Crippen molar-refractivity contribution in [2.24, 2.45) is 46.3 Å². The van der Waals surface area contributed by atoms with Crippen LogP contribution in [0.3, 0.4) is 0 Å². The molecule has 0 heterocycles. The molecule has 0 aromatic heterocycles. The van der Waals surface area contributed by atoms with Crippen LogP contribution < -0.4 is 19.5 Å². The summed E-state index contributed by atoms with van der Waals surface area (Å²) in [7, 11) is 4.70. The fourth-order valence-electron chi connectivity index (χ4n) is 10.1. The lowest BCUT2D eigenvalue weighted by Crippen LogP contribution is -2.58. The van der Waals surface area contributed by atoms with E-state index in [1.807, 2.05) is 0 Å². The molecule has 7 nitrogen and oxygen atoms in total. The van der Waals surface area contributed by atoms with Crippen LogP contribution >= 0.6 is 0 Å². The van der Waals surface area contributed by atoms with Gasteiger partial charge in [-0.05, 0) is 104 Å². The molecule has 7 heteroatoms. The second-order valence-electron chi connectivity index (χ2n) is 13.9. The van der Waals surface area contributed by atoms with Gasteiger partial charge in [-0.15, -0.1) is 0 Å². The van der Waals surface area contributed by atoms with Crippen LogP contribution in [0.5, 0.6) is 17.2 Å². The number of rotatable bonds is 8. The van der Waals surface area contributed by atoms with Crippen molar-refractivity contribution in [3.05, 3.63) is 12.1 Å². The topological polar surface area (TPSA) is 97.3 Å². The molecule has 224 valence electrons. The Labute approximate surface area is 240 Å². The third kappa shape index (κ3) is 4.99. The summed E-state index contributed by atoms with van der Waals surface area (Å²) in [6.07, 6.45) is 9.34. The van der Waals surface area contributed by atoms with Gasteiger partial charge in [-0.3, -0.25) is 4.79 Å². The van der Waals surface area contributed by atoms with Gasteiger partial charge in [0.2, 0.25) is 11.7 Å². The van der Waals surface area contributed by atoms with Crippen LogP contribution in [0, 0.1) is 46.3 Å². The number of hydrogen-bond donors (Lipinski definition) is 3. The van der Waals surface area contributed by atoms with E-state index >= 15 is 0 Å². The van der Waals surface area contributed by atoms with Crippen LogP contribution in [-0.2, 0) is 4.79 Å². The average Bonchev–Trinajstić information content (AvgIpc) is 3.29. The predicted molar refractivity (Wildman–Crippen MR) is 156 cm³/mol. The normalized spacial score (nSPS) is 39.4. The van der Waals surface area contributed by atoms with E-state index in [2.05, 4.69) is 26.1 Å². The molecule has 10 atom stereocenters. The zero-order chi connectivity index (χ0) is 28.8. The zero-order valence-electron chi connectivity index (χ0n) is 25.4. The highest BCUT2D eigenvalue weighted by molar-refractivity contribution is 5.91. The van der Waals surface area contributed by atoms with Gasteiger partial charge >= 0.3 is 0 Å². The number of ether oxygens (including phenoxy) is 3. The number of nitrogens with one attached hydrogen (secondary N) is 1. The Morgan fingerprint density at radius 3 is 2.25 bits per heavy atom. The Bertz CT molecular complexity index is 1050. The number of methoxy groups -OCH3 is 3. The molecule has 0 radical (unpaired) electrons. The lowest BCUT2D eigenvalue weighted by Gasteiger charge is -2.62. The molecule has 4 aliphatic carbocycles. The molecule has 4 aliphatic rings. The van der Waals surface area contributed by atoms with E-state index in [4.69, 9.17) is 14.2 Å². The van der Waals surface area contributed by atoms with Crippen molar-refractivity contribution in [2.75, 3.05) is 26.6 Å². The van der Waals surface area contributed by atoms with E-state index in [-0.39, 0.29) is 28.9 Å². The molecule has 3 N–H and O–H groups in total. The second kappa shape index (κ2) is 11.4. The largest absolute Gasteiger partial charge is 0.493 e. The number of carbonyl (C=O) groups excluding carboxylic acids is 1. The maximum atomic E-state index is 13.0. The van der Waals surface area contributed by atoms with Crippen molar-refractivity contribution in [3.8, 4) is 17.2 Å². The first-order valence-corrected chi connectivity index (χ1v) is 15.5. The summed E-state index contributed by atoms with van der Waals surface area (Å²) in [5, 5.41) is 24.9. The Balaban J connectivity index is 1.23. The van der Waals surface area contributed by atoms with E-state index in [9.17, 15) is 15.0 Å². The highest BCUT2D eigenvalue weighted by atomic mass is 16.5. The van der Waals surface area contributed by atoms with Gasteiger partial charge in [-0.25, -0.2) is 0 Å². The summed E-state index contributed by atoms with van der Waals surface area (Å²) >= 11 is 0. The van der Waals surface area contributed by atoms with Crippen LogP contribution in [0.2, 0.25) is 0 Å². The molecule has 5 rings (SSSR count). The monoisotopic (exact) mass is 557 g/mol. The minimum atomic E-state index is -0.253. The number of carbonyl (C=O) groups is 1. The minimum Gasteiger partial charge on any atom is -0.493 e. The summed E-state index contributed by atoms with van der Waals surface area (Å²) in [4.78, 5) is 13.0. The molecule has 0 unspecified atom stereocenters. The number of anilines is 1. The third-order valence-corrected chi connectivity index (χ3v) is 12.2. The molecule has 0 spiro atoms. The van der Waals surface area contributed by atoms with Gasteiger partial charge < -0.3 is 29.7 Å². The molecule has 0 bridgehead atoms. The Kier molecular flexibility index (Phi) is 8.37. The first kappa shape index (κ1) is 29.5. The molecular weight excluding hydrogens is 506 g/mol. The standard InChI is InChI=1S/C33H51NO6/c1-19(7-10-29(37)34-21-17-27(38-4)31(40-6)28(18-21)39-5)23-8-9-24-30-25(12-14-33(23,24)3)32(2)13-11-22(35)15-20(32)16-26(30)36/h17-20,22-26,30,35-36H,7-16H2,1-6H3,(H,34,37)/t19-,20+,22-,23-,24+,25+,26+,30+,32+,33-/m0/s1. The highest BCUT2D eigenvalue weighted by Crippen LogP contribution is 2.68. The summed E-state index contributed by atoms with van der Waals surface area (Å²) in [5.74, 6) is 4.45. The molecule has 40 heavy (non-hydrogen) atoms. The van der Waals surface area contributed by atoms with E-state index < -0.39 is 0 Å². The van der Waals surface area contributed by atoms with E-state index in [1.54, 1.807) is 33.5 Å². The fraction of sp³-hybridized carbons (Fsp3) is 0.788. The zero-order valence-corrected chi connectivity index (χ0v) is 25.4. The summed E-state index contributed by atoms with van der Waals surface area (Å²) in [6, 6.07) is 3.52. The Morgan fingerprint density at radius 1 is 0.950 bits per heavy atom. The Hall–Kier alpha value is -1.99. The van der Waals surface area contributed by atoms with Crippen molar-refractivity contribution in [1.82, 2.24) is 0 Å². The van der Waals surface area contributed by atoms with Gasteiger partial charge in [-0.1, -0.05) is 20.8 Å². The van der Waals surface area contributed by atoms with E-state index in [0.29, 0.717) is 64.9 Å². The van der Waals surface area contributed by atoms with Crippen molar-refractivity contribution in [2.45, 2.75) is 97.2 Å². The molecule has 0 saturated heterocycles. The molecule has 1 amide bonds. The van der Waals surface area contributed by atoms with Gasteiger partial charge in [0.05, 0.1) is 33.5 Å². The first-order chi connectivity index (χ1) is 19.0. The SMILES string of the molecule is COc1cc(NC(=O)CC[C@H](C)[C@@H]2CC[C@@H]3[C@H]4[C@H](O)C[C@H]5C[C@@H](O)CC[C@@]5(C)[C@@H]4CC[C@]32C)cc(OC)c1OC. The van der Waals surface area contributed by atoms with Crippen LogP contribution in [0.15, 0.2) is 12.1 Å². The maximum absolute atomic E-state index is 13.0. The van der Waals surface area contributed by atoms with Crippen LogP contribution in [0.1, 0.15) is 85.0 Å². The van der Waals surface area contributed by atoms with Gasteiger partial charge in [0.15, 0.2) is 11.5 Å². The molecule has 0 aliphatic heterocycles. The third-order valence-electron chi connectivity index (χ3n) is 12.2. The fourth-order valence-corrected chi connectivity index (χ4v) is 10.1. The van der Waals surface area contributed by atoms with Crippen LogP contribution in [0.4, 0.5) is 5.69 Å². The predicted octanol–water partition coefficient (Wildman–Crippen LogP) is 6.06. The lowest BCUT2D eigenvalue weighted by atomic mass is 9.43. The summed E-state index contributed by atoms with van der Waals surface area (Å²) < 4.78 is 16.3. The first-order valence-electron chi connectivity index (χ1n) is 15.5. The molecule has 4 fully saturated rings. The molecule has 1 aromatic rings. The second-order valence-corrected chi connectivity index (χ2v) is 13.9. The van der Waals surface area contributed by atoms with Gasteiger partial charge in [-0.2, -0.15) is 0 Å². The van der Waals surface area contributed by atoms with Gasteiger partial charge in [0, 0.05) is 24.2 Å². The number of hydrogen-bond acceptors (Lipinski definition) is 6. The van der Waals surface area contributed by atoms with Crippen LogP contribution in [0.25, 0.3) is 0 Å². The van der Waals surface area contributed by atoms with Crippen molar-refractivity contribution >= 4 is 11.6 Å². The van der Waals surface area contributed by atoms with E-state index in [0.717, 1.165) is 32.1 Å². The number of benzene rings is 1. The highest BCUT2D eigenvalue weighted by Gasteiger charge is 2.62. The lowest BCUT2D eigenvalue weighted by molar-refractivity contribution is -0.174. The van der Waals surface area contributed by atoms with E-state index in [1.165, 1.54) is 25.7 Å². The van der Waals surface area contributed by atoms with Gasteiger partial charge in [0.25, 0.3) is 0 Å². The van der Waals surface area contributed by atoms with Crippen molar-refractivity contribution in [1.29, 1.82) is 0 Å². The summed E-state index contributed by atoms with van der Waals surface area (Å²) in [6.45, 7) is 7.29. The number of aliphatic hydroxyl groups is 2. The molecular formula is C33H51NO6. The molecule has 1 aromatic carbocycles. The van der Waals surface area contributed by atoms with Crippen molar-refractivity contribution < 1.29 is 29.2 Å².